The summed E-state index contributed by atoms with van der Waals surface area (Å²) >= 11 is 12.1. The van der Waals surface area contributed by atoms with E-state index in [4.69, 9.17) is 27.7 Å². The van der Waals surface area contributed by atoms with Crippen molar-refractivity contribution in [1.82, 2.24) is 10.1 Å². The van der Waals surface area contributed by atoms with Crippen molar-refractivity contribution in [2.45, 2.75) is 31.7 Å². The molecule has 1 aliphatic rings. The van der Waals surface area contributed by atoms with Crippen LogP contribution in [0.5, 0.6) is 0 Å². The predicted molar refractivity (Wildman–Crippen MR) is 85.4 cm³/mol. The summed E-state index contributed by atoms with van der Waals surface area (Å²) in [6, 6.07) is 6.82. The quantitative estimate of drug-likeness (QED) is 0.812. The minimum Gasteiger partial charge on any atom is -0.360 e. The molecule has 1 saturated carbocycles. The summed E-state index contributed by atoms with van der Waals surface area (Å²) in [5, 5.41) is 5.00. The van der Waals surface area contributed by atoms with Crippen LogP contribution in [0.4, 0.5) is 0 Å². The lowest BCUT2D eigenvalue weighted by molar-refractivity contribution is 0.0732. The maximum absolute atomic E-state index is 12.5. The average Bonchev–Trinajstić information content (AvgIpc) is 3.22. The van der Waals surface area contributed by atoms with Crippen molar-refractivity contribution >= 4 is 29.1 Å². The molecular formula is C16H16Cl2N2O2. The van der Waals surface area contributed by atoms with Crippen molar-refractivity contribution in [3.8, 4) is 0 Å². The minimum atomic E-state index is -0.196. The molecule has 0 N–H and O–H groups in total. The van der Waals surface area contributed by atoms with Gasteiger partial charge >= 0.3 is 0 Å². The van der Waals surface area contributed by atoms with Gasteiger partial charge in [0, 0.05) is 29.1 Å². The summed E-state index contributed by atoms with van der Waals surface area (Å²) in [5.41, 5.74) is 1.18. The molecule has 1 fully saturated rings. The van der Waals surface area contributed by atoms with Gasteiger partial charge in [0.25, 0.3) is 5.91 Å². The third-order valence-corrected chi connectivity index (χ3v) is 4.60. The molecule has 22 heavy (non-hydrogen) atoms. The van der Waals surface area contributed by atoms with Crippen LogP contribution in [-0.4, -0.2) is 23.0 Å². The number of aromatic nitrogens is 1. The van der Waals surface area contributed by atoms with E-state index in [2.05, 4.69) is 5.16 Å². The van der Waals surface area contributed by atoms with Crippen molar-refractivity contribution in [2.24, 2.45) is 0 Å². The lowest BCUT2D eigenvalue weighted by Crippen LogP contribution is -2.30. The van der Waals surface area contributed by atoms with E-state index < -0.39 is 0 Å². The van der Waals surface area contributed by atoms with Crippen LogP contribution in [0.2, 0.25) is 10.0 Å². The molecule has 6 heteroatoms. The summed E-state index contributed by atoms with van der Waals surface area (Å²) in [7, 11) is 1.73. The van der Waals surface area contributed by atoms with Gasteiger partial charge in [-0.3, -0.25) is 4.79 Å². The van der Waals surface area contributed by atoms with Crippen molar-refractivity contribution in [3.05, 3.63) is 51.3 Å². The Bertz CT molecular complexity index is 710. The van der Waals surface area contributed by atoms with Gasteiger partial charge in [-0.15, -0.1) is 0 Å². The van der Waals surface area contributed by atoms with Crippen LogP contribution in [0.15, 0.2) is 28.8 Å². The van der Waals surface area contributed by atoms with E-state index in [1.165, 1.54) is 0 Å². The van der Waals surface area contributed by atoms with Crippen molar-refractivity contribution in [1.29, 1.82) is 0 Å². The van der Waals surface area contributed by atoms with Crippen LogP contribution in [-0.2, 0) is 0 Å². The second-order valence-electron chi connectivity index (χ2n) is 5.65. The Morgan fingerprint density at radius 2 is 2.09 bits per heavy atom. The Balaban J connectivity index is 1.78. The molecule has 116 valence electrons. The second-order valence-corrected chi connectivity index (χ2v) is 6.49. The fraction of sp³-hybridized carbons (Fsp3) is 0.375. The topological polar surface area (TPSA) is 46.3 Å². The van der Waals surface area contributed by atoms with E-state index in [0.717, 1.165) is 24.2 Å². The Hall–Kier alpha value is -1.52. The fourth-order valence-corrected chi connectivity index (χ4v) is 2.92. The first-order valence-corrected chi connectivity index (χ1v) is 7.91. The van der Waals surface area contributed by atoms with Gasteiger partial charge in [0.05, 0.1) is 6.04 Å². The van der Waals surface area contributed by atoms with Crippen LogP contribution in [0.3, 0.4) is 0 Å². The van der Waals surface area contributed by atoms with Crippen LogP contribution >= 0.6 is 23.2 Å². The van der Waals surface area contributed by atoms with Crippen LogP contribution in [0.1, 0.15) is 53.5 Å². The molecule has 0 saturated heterocycles. The molecule has 0 unspecified atom stereocenters. The summed E-state index contributed by atoms with van der Waals surface area (Å²) in [5.74, 6) is 1.05. The molecule has 1 aromatic carbocycles. The van der Waals surface area contributed by atoms with Crippen molar-refractivity contribution in [2.75, 3.05) is 7.05 Å². The number of hydrogen-bond donors (Lipinski definition) is 0. The van der Waals surface area contributed by atoms with E-state index in [1.54, 1.807) is 30.1 Å². The summed E-state index contributed by atoms with van der Waals surface area (Å²) in [6.07, 6.45) is 2.21. The van der Waals surface area contributed by atoms with Gasteiger partial charge in [-0.05, 0) is 37.5 Å². The molecule has 0 bridgehead atoms. The third kappa shape index (κ3) is 2.99. The largest absolute Gasteiger partial charge is 0.360 e. The van der Waals surface area contributed by atoms with Gasteiger partial charge in [-0.2, -0.15) is 0 Å². The highest BCUT2D eigenvalue weighted by atomic mass is 35.5. The molecule has 0 spiro atoms. The number of rotatable bonds is 4. The van der Waals surface area contributed by atoms with Crippen LogP contribution < -0.4 is 0 Å². The normalized spacial score (nSPS) is 15.6. The molecule has 2 aromatic rings. The highest BCUT2D eigenvalue weighted by Crippen LogP contribution is 2.40. The number of halogens is 2. The number of benzene rings is 1. The van der Waals surface area contributed by atoms with Gasteiger partial charge < -0.3 is 9.42 Å². The van der Waals surface area contributed by atoms with E-state index in [0.29, 0.717) is 21.7 Å². The first kappa shape index (κ1) is 15.4. The highest BCUT2D eigenvalue weighted by molar-refractivity contribution is 6.35. The number of nitrogens with zero attached hydrogens (tertiary/aromatic N) is 2. The first-order chi connectivity index (χ1) is 10.5. The lowest BCUT2D eigenvalue weighted by Gasteiger charge is -2.25. The Morgan fingerprint density at radius 3 is 2.73 bits per heavy atom. The van der Waals surface area contributed by atoms with Crippen LogP contribution in [0, 0.1) is 0 Å². The molecule has 1 atom stereocenters. The lowest BCUT2D eigenvalue weighted by atomic mass is 10.1. The predicted octanol–water partition coefficient (Wildman–Crippen LogP) is 4.69. The van der Waals surface area contributed by atoms with Gasteiger partial charge in [0.2, 0.25) is 0 Å². The summed E-state index contributed by atoms with van der Waals surface area (Å²) < 4.78 is 5.24. The van der Waals surface area contributed by atoms with Crippen molar-refractivity contribution < 1.29 is 9.32 Å². The molecule has 4 nitrogen and oxygen atoms in total. The van der Waals surface area contributed by atoms with Gasteiger partial charge in [0.15, 0.2) is 5.69 Å². The van der Waals surface area contributed by atoms with Gasteiger partial charge in [-0.1, -0.05) is 34.4 Å². The molecule has 1 aliphatic carbocycles. The van der Waals surface area contributed by atoms with E-state index >= 15 is 0 Å². The zero-order valence-electron chi connectivity index (χ0n) is 12.3. The SMILES string of the molecule is C[C@H](c1ccc(Cl)cc1Cl)N(C)C(=O)c1cc(C2CC2)on1. The Labute approximate surface area is 139 Å². The molecule has 1 amide bonds. The molecule has 0 aliphatic heterocycles. The van der Waals surface area contributed by atoms with Gasteiger partial charge in [0.1, 0.15) is 5.76 Å². The van der Waals surface area contributed by atoms with E-state index in [-0.39, 0.29) is 11.9 Å². The second kappa shape index (κ2) is 5.94. The van der Waals surface area contributed by atoms with Crippen LogP contribution in [0.25, 0.3) is 0 Å². The number of carbonyl (C=O) groups is 1. The molecule has 1 heterocycles. The van der Waals surface area contributed by atoms with E-state index in [1.807, 2.05) is 13.0 Å². The zero-order chi connectivity index (χ0) is 15.9. The Morgan fingerprint density at radius 1 is 1.36 bits per heavy atom. The summed E-state index contributed by atoms with van der Waals surface area (Å²) in [4.78, 5) is 14.1. The van der Waals surface area contributed by atoms with Gasteiger partial charge in [-0.25, -0.2) is 0 Å². The minimum absolute atomic E-state index is 0.186. The fourth-order valence-electron chi connectivity index (χ4n) is 2.36. The number of hydrogen-bond acceptors (Lipinski definition) is 3. The number of amides is 1. The maximum atomic E-state index is 12.5. The Kier molecular flexibility index (Phi) is 4.15. The molecule has 3 rings (SSSR count). The molecule has 1 aromatic heterocycles. The smallest absolute Gasteiger partial charge is 0.276 e. The standard InChI is InChI=1S/C16H16Cl2N2O2/c1-9(12-6-5-11(17)7-13(12)18)20(2)16(21)14-8-15(22-19-14)10-3-4-10/h5-10H,3-4H2,1-2H3/t9-/m1/s1. The van der Waals surface area contributed by atoms with E-state index in [9.17, 15) is 4.79 Å². The maximum Gasteiger partial charge on any atom is 0.276 e. The first-order valence-electron chi connectivity index (χ1n) is 7.16. The zero-order valence-corrected chi connectivity index (χ0v) is 13.9. The highest BCUT2D eigenvalue weighted by Gasteiger charge is 2.30. The third-order valence-electron chi connectivity index (χ3n) is 4.04. The molecule has 0 radical (unpaired) electrons. The average molecular weight is 339 g/mol. The summed E-state index contributed by atoms with van der Waals surface area (Å²) in [6.45, 7) is 1.91. The number of carbonyl (C=O) groups excluding carboxylic acids is 1. The molecular weight excluding hydrogens is 323 g/mol. The van der Waals surface area contributed by atoms with Crippen molar-refractivity contribution in [3.63, 3.8) is 0 Å². The monoisotopic (exact) mass is 338 g/mol.